The normalized spacial score (nSPS) is 13.7. The summed E-state index contributed by atoms with van der Waals surface area (Å²) in [5.74, 6) is -1.72. The van der Waals surface area contributed by atoms with Crippen molar-refractivity contribution in [3.8, 4) is 0 Å². The van der Waals surface area contributed by atoms with Crippen molar-refractivity contribution in [2.45, 2.75) is 131 Å². The molecule has 4 aliphatic heterocycles. The molecule has 20 rings (SSSR count). The molecular weight excluding hydrogens is 1650 g/mol. The minimum Gasteiger partial charge on any atom is -0.465 e. The Kier molecular flexibility index (Phi) is 27.7. The Balaban J connectivity index is 0.000000122. The van der Waals surface area contributed by atoms with Gasteiger partial charge in [-0.2, -0.15) is 25.1 Å². The zero-order valence-electron chi connectivity index (χ0n) is 73.2. The van der Waals surface area contributed by atoms with E-state index in [4.69, 9.17) is 15.2 Å². The lowest BCUT2D eigenvalue weighted by molar-refractivity contribution is -0.144. The second-order valence-corrected chi connectivity index (χ2v) is 33.0. The van der Waals surface area contributed by atoms with Gasteiger partial charge in [0.15, 0.2) is 22.8 Å². The van der Waals surface area contributed by atoms with Crippen molar-refractivity contribution in [2.24, 2.45) is 5.73 Å². The molecule has 0 spiro atoms. The fourth-order valence-electron chi connectivity index (χ4n) is 17.7. The van der Waals surface area contributed by atoms with E-state index in [1.54, 1.807) is 23.2 Å². The Labute approximate surface area is 756 Å². The third kappa shape index (κ3) is 21.0. The summed E-state index contributed by atoms with van der Waals surface area (Å²) in [4.78, 5) is 111. The van der Waals surface area contributed by atoms with Gasteiger partial charge in [0.25, 0.3) is 23.6 Å². The first-order valence-corrected chi connectivity index (χ1v) is 44.4. The van der Waals surface area contributed by atoms with Crippen LogP contribution in [0.2, 0.25) is 0 Å². The standard InChI is InChI=1S/C27H29N5O3.C26H27N5O3.C25H26N6O2.C23H23N5O/c1-2-35-25(33)18-32-24-12-13-31(16-20-15-28-23-11-7-6-10-21(20)23)17-22(24)26(30-32)27(34)29-14-19-8-4-3-5-9-19;1-2-34-26(33)31-23-12-13-30(16-19-15-27-22-11-7-6-10-20(19)22)17-21(23)24(29-31)25(32)28-14-18-8-4-3-5-9-18;26-23(32)16-31-22-10-11-30(14-18-13-27-21-9-5-4-8-19(18)21)15-20(22)24(29-31)25(33)28-12-17-6-2-1-3-7-17;29-23(25-12-16-6-2-1-3-7-16)22-19-15-28(11-10-21(19)26-27-22)14-17-13-24-20-9-5-4-8-18(17)20/h3-11,15,28H,2,12-14,16-18H2,1H3,(H,29,34);3-11,15,27H,2,12-14,16-17H2,1H3,(H,28,32);1-9,13,27H,10-12,14-16H2,(H2,26,32)(H,28,33);1-9,13,24H,10-12,14-15H2,(H,25,29)(H,26,27). The van der Waals surface area contributed by atoms with Gasteiger partial charge in [0.1, 0.15) is 13.1 Å². The van der Waals surface area contributed by atoms with Gasteiger partial charge in [-0.25, -0.2) is 4.79 Å². The maximum atomic E-state index is 13.2. The minimum atomic E-state index is -0.550. The molecule has 0 bridgehead atoms. The number of primary amides is 1. The second-order valence-electron chi connectivity index (χ2n) is 33.0. The van der Waals surface area contributed by atoms with Crippen molar-refractivity contribution < 1.29 is 43.0 Å². The van der Waals surface area contributed by atoms with E-state index in [2.05, 4.69) is 153 Å². The van der Waals surface area contributed by atoms with Gasteiger partial charge < -0.3 is 56.4 Å². The summed E-state index contributed by atoms with van der Waals surface area (Å²) >= 11 is 0. The number of rotatable bonds is 26. The van der Waals surface area contributed by atoms with Crippen molar-refractivity contribution in [3.63, 3.8) is 0 Å². The highest BCUT2D eigenvalue weighted by atomic mass is 16.6. The van der Waals surface area contributed by atoms with E-state index >= 15 is 0 Å². The SMILES string of the molecule is CCOC(=O)Cn1nc(C(=O)NCc2ccccc2)c2c1CCN(Cc1c[nH]c3ccccc13)C2.CCOC(=O)n1nc(C(=O)NCc2ccccc2)c2c1CCN(Cc1c[nH]c3ccccc13)C2.NC(=O)Cn1nc(C(=O)NCc2ccccc2)c2c1CCN(Cc1c[nH]c3ccccc13)C2.O=C(NCc1ccccc1)c1n[nH]c2c1CN(Cc1c[nH]c3ccccc13)CC2. The number of H-pyrrole nitrogens is 5. The molecule has 131 heavy (non-hydrogen) atoms. The number of aromatic nitrogens is 12. The van der Waals surface area contributed by atoms with Gasteiger partial charge in [-0.1, -0.05) is 194 Å². The summed E-state index contributed by atoms with van der Waals surface area (Å²) in [5, 5.41) is 37.6. The molecule has 0 saturated heterocycles. The lowest BCUT2D eigenvalue weighted by Gasteiger charge is -2.27. The summed E-state index contributed by atoms with van der Waals surface area (Å²) < 4.78 is 14.8. The van der Waals surface area contributed by atoms with Crippen LogP contribution < -0.4 is 27.0 Å². The van der Waals surface area contributed by atoms with Gasteiger partial charge >= 0.3 is 12.1 Å². The molecule has 4 aliphatic rings. The topological polar surface area (TPSA) is 370 Å². The van der Waals surface area contributed by atoms with Crippen LogP contribution in [-0.2, 0) is 136 Å². The number of para-hydroxylation sites is 4. The zero-order chi connectivity index (χ0) is 90.1. The molecule has 0 aliphatic carbocycles. The molecule has 0 atom stereocenters. The number of hydrogen-bond donors (Lipinski definition) is 10. The van der Waals surface area contributed by atoms with Crippen LogP contribution in [-0.4, -0.2) is 160 Å². The van der Waals surface area contributed by atoms with Crippen LogP contribution in [0, 0.1) is 0 Å². The van der Waals surface area contributed by atoms with Gasteiger partial charge in [0.2, 0.25) is 5.91 Å². The number of hydrogen-bond acceptors (Lipinski definition) is 17. The minimum absolute atomic E-state index is 0.00455. The van der Waals surface area contributed by atoms with Crippen molar-refractivity contribution in [1.29, 1.82) is 0 Å². The fourth-order valence-corrected chi connectivity index (χ4v) is 17.7. The van der Waals surface area contributed by atoms with Gasteiger partial charge in [-0.15, -0.1) is 0 Å². The second kappa shape index (κ2) is 41.3. The summed E-state index contributed by atoms with van der Waals surface area (Å²) in [6.07, 6.45) is 10.6. The van der Waals surface area contributed by atoms with Gasteiger partial charge in [0, 0.05) is 238 Å². The van der Waals surface area contributed by atoms with Crippen LogP contribution in [0.4, 0.5) is 4.79 Å². The van der Waals surface area contributed by atoms with Crippen LogP contribution in [0.25, 0.3) is 43.6 Å². The molecular formula is C101H105N21O9. The smallest absolute Gasteiger partial charge is 0.434 e. The van der Waals surface area contributed by atoms with E-state index in [-0.39, 0.29) is 55.0 Å². The van der Waals surface area contributed by atoms with Crippen LogP contribution in [0.3, 0.4) is 0 Å². The molecule has 16 aromatic rings. The zero-order valence-corrected chi connectivity index (χ0v) is 73.2. The molecule has 30 nitrogen and oxygen atoms in total. The molecule has 0 fully saturated rings. The number of ether oxygens (including phenoxy) is 2. The summed E-state index contributed by atoms with van der Waals surface area (Å²) in [7, 11) is 0. The highest BCUT2D eigenvalue weighted by molar-refractivity contribution is 5.97. The number of esters is 1. The highest BCUT2D eigenvalue weighted by Gasteiger charge is 2.35. The third-order valence-electron chi connectivity index (χ3n) is 24.2. The molecule has 11 N–H and O–H groups in total. The van der Waals surface area contributed by atoms with Crippen molar-refractivity contribution in [1.82, 2.24) is 100 Å². The van der Waals surface area contributed by atoms with Gasteiger partial charge in [-0.05, 0) is 82.6 Å². The third-order valence-corrected chi connectivity index (χ3v) is 24.2. The number of carbonyl (C=O) groups excluding carboxylic acids is 7. The van der Waals surface area contributed by atoms with E-state index in [1.165, 1.54) is 48.5 Å². The monoisotopic (exact) mass is 1760 g/mol. The number of nitrogens with one attached hydrogen (secondary N) is 9. The molecule has 8 aromatic heterocycles. The van der Waals surface area contributed by atoms with E-state index < -0.39 is 12.0 Å². The number of nitrogens with two attached hydrogens (primary N) is 1. The van der Waals surface area contributed by atoms with Crippen molar-refractivity contribution in [3.05, 3.63) is 355 Å². The molecule has 8 aromatic carbocycles. The molecule has 12 heterocycles. The molecule has 0 unspecified atom stereocenters. The quantitative estimate of drug-likeness (QED) is 0.0225. The number of nitrogens with zero attached hydrogens (tertiary/aromatic N) is 11. The lowest BCUT2D eigenvalue weighted by Crippen LogP contribution is -2.32. The number of aromatic amines is 5. The maximum Gasteiger partial charge on any atom is 0.434 e. The average molecular weight is 1760 g/mol. The lowest BCUT2D eigenvalue weighted by atomic mass is 10.0. The van der Waals surface area contributed by atoms with Crippen LogP contribution in [0.5, 0.6) is 0 Å². The predicted octanol–water partition coefficient (Wildman–Crippen LogP) is 13.0. The maximum absolute atomic E-state index is 13.2. The van der Waals surface area contributed by atoms with E-state index in [0.29, 0.717) is 88.8 Å². The van der Waals surface area contributed by atoms with E-state index in [0.717, 1.165) is 155 Å². The number of amides is 5. The largest absolute Gasteiger partial charge is 0.465 e. The summed E-state index contributed by atoms with van der Waals surface area (Å²) in [5.41, 5.74) is 27.7. The predicted molar refractivity (Wildman–Crippen MR) is 498 cm³/mol. The van der Waals surface area contributed by atoms with Gasteiger partial charge in [0.05, 0.1) is 18.9 Å². The average Bonchev–Trinajstić information content (AvgIpc) is 1.67. The molecule has 0 radical (unpaired) electrons. The first kappa shape index (κ1) is 87.9. The Morgan fingerprint density at radius 3 is 1.04 bits per heavy atom. The van der Waals surface area contributed by atoms with Crippen molar-refractivity contribution in [2.75, 3.05) is 39.4 Å². The van der Waals surface area contributed by atoms with E-state index in [1.807, 2.05) is 176 Å². The summed E-state index contributed by atoms with van der Waals surface area (Å²) in [6, 6.07) is 72.2. The molecule has 668 valence electrons. The van der Waals surface area contributed by atoms with Gasteiger partial charge in [-0.3, -0.25) is 62.8 Å². The Morgan fingerprint density at radius 1 is 0.359 bits per heavy atom. The number of carbonyl (C=O) groups is 7. The number of fused-ring (bicyclic) bond motifs is 8. The fraction of sp³-hybridized carbons (Fsp3) is 0.257. The highest BCUT2D eigenvalue weighted by Crippen LogP contribution is 2.33. The Hall–Kier alpha value is -15.1. The summed E-state index contributed by atoms with van der Waals surface area (Å²) in [6.45, 7) is 14.6. The van der Waals surface area contributed by atoms with Crippen LogP contribution >= 0.6 is 0 Å². The number of benzene rings is 8. The Bertz CT molecular complexity index is 6720. The molecule has 0 saturated carbocycles. The first-order valence-electron chi connectivity index (χ1n) is 44.4. The van der Waals surface area contributed by atoms with Crippen molar-refractivity contribution >= 4 is 85.2 Å². The van der Waals surface area contributed by atoms with Crippen LogP contribution in [0.1, 0.15) is 145 Å². The molecule has 5 amide bonds. The Morgan fingerprint density at radius 2 is 0.672 bits per heavy atom. The van der Waals surface area contributed by atoms with Crippen LogP contribution in [0.15, 0.2) is 243 Å². The first-order chi connectivity index (χ1) is 64.1. The van der Waals surface area contributed by atoms with E-state index in [9.17, 15) is 33.6 Å². The molecule has 30 heteroatoms.